The highest BCUT2D eigenvalue weighted by Crippen LogP contribution is 2.14. The van der Waals surface area contributed by atoms with Crippen LogP contribution in [0.2, 0.25) is 6.82 Å². The fourth-order valence-electron chi connectivity index (χ4n) is 2.80. The van der Waals surface area contributed by atoms with E-state index < -0.39 is 5.91 Å². The molecule has 0 aliphatic heterocycles. The molecule has 1 radical (unpaired) electrons. The lowest BCUT2D eigenvalue weighted by Gasteiger charge is -2.16. The Morgan fingerprint density at radius 3 is 2.73 bits per heavy atom. The molecule has 0 N–H and O–H groups in total. The number of rotatable bonds is 5. The SMILES string of the molecule is C[B]c1cccc(Cn2cc(C(=O)N(C)OC)c(=O)c3ccccc32)n1. The molecule has 0 saturated heterocycles. The number of para-hydroxylation sites is 1. The molecule has 1 amide bonds. The van der Waals surface area contributed by atoms with Gasteiger partial charge in [-0.05, 0) is 23.8 Å². The molecule has 26 heavy (non-hydrogen) atoms. The first-order chi connectivity index (χ1) is 12.5. The zero-order chi connectivity index (χ0) is 18.7. The Morgan fingerprint density at radius 2 is 2.00 bits per heavy atom. The van der Waals surface area contributed by atoms with Gasteiger partial charge in [-0.2, -0.15) is 0 Å². The normalized spacial score (nSPS) is 10.7. The van der Waals surface area contributed by atoms with Gasteiger partial charge in [0, 0.05) is 18.6 Å². The largest absolute Gasteiger partial charge is 0.340 e. The summed E-state index contributed by atoms with van der Waals surface area (Å²) in [6.07, 6.45) is 1.58. The van der Waals surface area contributed by atoms with E-state index in [1.807, 2.05) is 49.0 Å². The standard InChI is InChI=1S/C19H19BN3O3/c1-20-17-10-6-7-13(21-17)11-23-12-15(19(25)22(2)26-3)18(24)14-8-4-5-9-16(14)23/h4-10,12H,11H2,1-3H3. The molecule has 2 heterocycles. The van der Waals surface area contributed by atoms with Crippen molar-refractivity contribution >= 4 is 29.7 Å². The summed E-state index contributed by atoms with van der Waals surface area (Å²) in [6.45, 7) is 2.37. The zero-order valence-corrected chi connectivity index (χ0v) is 15.0. The minimum absolute atomic E-state index is 0.0614. The van der Waals surface area contributed by atoms with Gasteiger partial charge in [-0.1, -0.05) is 31.1 Å². The van der Waals surface area contributed by atoms with Gasteiger partial charge in [-0.15, -0.1) is 0 Å². The molecule has 0 bridgehead atoms. The van der Waals surface area contributed by atoms with Gasteiger partial charge in [0.05, 0.1) is 24.9 Å². The maximum absolute atomic E-state index is 12.8. The van der Waals surface area contributed by atoms with Crippen LogP contribution in [0.4, 0.5) is 0 Å². The third kappa shape index (κ3) is 3.39. The fraction of sp³-hybridized carbons (Fsp3) is 0.211. The average molecular weight is 348 g/mol. The molecule has 0 spiro atoms. The monoisotopic (exact) mass is 348 g/mol. The summed E-state index contributed by atoms with van der Waals surface area (Å²) >= 11 is 0. The molecule has 131 valence electrons. The predicted octanol–water partition coefficient (Wildman–Crippen LogP) is 1.46. The lowest BCUT2D eigenvalue weighted by molar-refractivity contribution is -0.0758. The number of nitrogens with zero attached hydrogens (tertiary/aromatic N) is 3. The van der Waals surface area contributed by atoms with E-state index >= 15 is 0 Å². The Labute approximate surface area is 152 Å². The Balaban J connectivity index is 2.16. The van der Waals surface area contributed by atoms with Crippen molar-refractivity contribution < 1.29 is 9.63 Å². The van der Waals surface area contributed by atoms with Gasteiger partial charge >= 0.3 is 0 Å². The first-order valence-corrected chi connectivity index (χ1v) is 8.24. The number of amides is 1. The summed E-state index contributed by atoms with van der Waals surface area (Å²) in [5.74, 6) is -0.486. The van der Waals surface area contributed by atoms with Crippen LogP contribution in [0.3, 0.4) is 0 Å². The summed E-state index contributed by atoms with van der Waals surface area (Å²) in [5, 5.41) is 1.53. The van der Waals surface area contributed by atoms with Crippen molar-refractivity contribution in [1.82, 2.24) is 14.6 Å². The van der Waals surface area contributed by atoms with Crippen LogP contribution in [-0.2, 0) is 11.4 Å². The summed E-state index contributed by atoms with van der Waals surface area (Å²) in [5.41, 5.74) is 2.22. The van der Waals surface area contributed by atoms with Crippen LogP contribution in [0, 0.1) is 0 Å². The molecule has 6 nitrogen and oxygen atoms in total. The Bertz CT molecular complexity index is 1020. The van der Waals surface area contributed by atoms with Crippen LogP contribution in [0.5, 0.6) is 0 Å². The number of fused-ring (bicyclic) bond motifs is 1. The van der Waals surface area contributed by atoms with Gasteiger partial charge in [0.2, 0.25) is 5.43 Å². The third-order valence-corrected chi connectivity index (χ3v) is 4.23. The van der Waals surface area contributed by atoms with Crippen molar-refractivity contribution in [3.8, 4) is 0 Å². The van der Waals surface area contributed by atoms with Gasteiger partial charge in [-0.3, -0.25) is 19.4 Å². The molecule has 7 heteroatoms. The Morgan fingerprint density at radius 1 is 1.23 bits per heavy atom. The molecule has 0 fully saturated rings. The number of carbonyl (C=O) groups is 1. The molecule has 3 rings (SSSR count). The molecular weight excluding hydrogens is 329 g/mol. The third-order valence-electron chi connectivity index (χ3n) is 4.23. The van der Waals surface area contributed by atoms with E-state index in [1.54, 1.807) is 18.3 Å². The minimum Gasteiger partial charge on any atom is -0.340 e. The van der Waals surface area contributed by atoms with Crippen molar-refractivity contribution in [1.29, 1.82) is 0 Å². The topological polar surface area (TPSA) is 64.4 Å². The second-order valence-electron chi connectivity index (χ2n) is 5.84. The van der Waals surface area contributed by atoms with Gasteiger partial charge < -0.3 is 4.57 Å². The van der Waals surface area contributed by atoms with Crippen LogP contribution in [0.15, 0.2) is 53.5 Å². The number of pyridine rings is 2. The fourth-order valence-corrected chi connectivity index (χ4v) is 2.80. The van der Waals surface area contributed by atoms with E-state index in [-0.39, 0.29) is 11.0 Å². The summed E-state index contributed by atoms with van der Waals surface area (Å²) < 4.78 is 1.87. The van der Waals surface area contributed by atoms with Gasteiger partial charge in [-0.25, -0.2) is 5.06 Å². The van der Waals surface area contributed by atoms with Crippen molar-refractivity contribution in [3.63, 3.8) is 0 Å². The smallest absolute Gasteiger partial charge is 0.282 e. The first-order valence-electron chi connectivity index (χ1n) is 8.24. The van der Waals surface area contributed by atoms with Crippen molar-refractivity contribution in [3.05, 3.63) is 70.1 Å². The molecule has 0 atom stereocenters. The quantitative estimate of drug-likeness (QED) is 0.517. The van der Waals surface area contributed by atoms with Gasteiger partial charge in [0.15, 0.2) is 7.28 Å². The molecule has 1 aromatic carbocycles. The molecule has 0 aliphatic rings. The highest BCUT2D eigenvalue weighted by atomic mass is 16.7. The number of hydrogen-bond acceptors (Lipinski definition) is 4. The van der Waals surface area contributed by atoms with E-state index in [0.717, 1.165) is 21.9 Å². The van der Waals surface area contributed by atoms with Crippen LogP contribution in [0.25, 0.3) is 10.9 Å². The minimum atomic E-state index is -0.486. The lowest BCUT2D eigenvalue weighted by Crippen LogP contribution is -2.31. The number of hydroxylamine groups is 2. The number of hydrogen-bond donors (Lipinski definition) is 0. The molecular formula is C19H19BN3O3. The highest BCUT2D eigenvalue weighted by molar-refractivity contribution is 6.50. The first kappa shape index (κ1) is 17.9. The van der Waals surface area contributed by atoms with E-state index in [1.165, 1.54) is 14.2 Å². The van der Waals surface area contributed by atoms with Crippen molar-refractivity contribution in [2.24, 2.45) is 0 Å². The van der Waals surface area contributed by atoms with Crippen LogP contribution in [-0.4, -0.2) is 42.0 Å². The second kappa shape index (κ2) is 7.53. The molecule has 0 unspecified atom stereocenters. The number of benzene rings is 1. The van der Waals surface area contributed by atoms with Crippen LogP contribution >= 0.6 is 0 Å². The Hall–Kier alpha value is -2.93. The van der Waals surface area contributed by atoms with Crippen LogP contribution in [0.1, 0.15) is 16.1 Å². The van der Waals surface area contributed by atoms with Crippen LogP contribution < -0.4 is 11.0 Å². The van der Waals surface area contributed by atoms with E-state index in [9.17, 15) is 9.59 Å². The van der Waals surface area contributed by atoms with Crippen molar-refractivity contribution in [2.75, 3.05) is 14.2 Å². The summed E-state index contributed by atoms with van der Waals surface area (Å²) in [7, 11) is 4.78. The second-order valence-corrected chi connectivity index (χ2v) is 5.84. The maximum atomic E-state index is 12.8. The molecule has 2 aromatic heterocycles. The summed E-state index contributed by atoms with van der Waals surface area (Å²) in [4.78, 5) is 34.8. The van der Waals surface area contributed by atoms with Crippen molar-refractivity contribution in [2.45, 2.75) is 13.4 Å². The Kier molecular flexibility index (Phi) is 5.18. The highest BCUT2D eigenvalue weighted by Gasteiger charge is 2.19. The molecule has 0 saturated carbocycles. The maximum Gasteiger partial charge on any atom is 0.282 e. The zero-order valence-electron chi connectivity index (χ0n) is 15.0. The number of aromatic nitrogens is 2. The summed E-state index contributed by atoms with van der Waals surface area (Å²) in [6, 6.07) is 13.0. The van der Waals surface area contributed by atoms with E-state index in [4.69, 9.17) is 4.84 Å². The number of carbonyl (C=O) groups excluding carboxylic acids is 1. The molecule has 0 aliphatic carbocycles. The molecule has 3 aromatic rings. The van der Waals surface area contributed by atoms with Gasteiger partial charge in [0.25, 0.3) is 5.91 Å². The van der Waals surface area contributed by atoms with Gasteiger partial charge in [0.1, 0.15) is 5.56 Å². The van der Waals surface area contributed by atoms with E-state index in [2.05, 4.69) is 4.98 Å². The van der Waals surface area contributed by atoms with E-state index in [0.29, 0.717) is 11.9 Å². The predicted molar refractivity (Wildman–Crippen MR) is 102 cm³/mol. The average Bonchev–Trinajstić information content (AvgIpc) is 2.69. The lowest BCUT2D eigenvalue weighted by atomic mass is 9.77.